The summed E-state index contributed by atoms with van der Waals surface area (Å²) in [6.07, 6.45) is 5.31. The van der Waals surface area contributed by atoms with Crippen LogP contribution in [-0.2, 0) is 0 Å². The highest BCUT2D eigenvalue weighted by molar-refractivity contribution is 6.36. The molecule has 2 aromatic heterocycles. The Hall–Kier alpha value is -3.69. The molecular formula is C28H33ClN6O3. The number of hydrogen-bond donors (Lipinski definition) is 3. The molecule has 10 heteroatoms. The molecule has 2 heterocycles. The fourth-order valence-corrected chi connectivity index (χ4v) is 4.74. The summed E-state index contributed by atoms with van der Waals surface area (Å²) in [7, 11) is 3.25. The Morgan fingerprint density at radius 2 is 1.82 bits per heavy atom. The number of fused-ring (bicyclic) bond motifs is 1. The van der Waals surface area contributed by atoms with Crippen molar-refractivity contribution in [3.05, 3.63) is 53.7 Å². The molecule has 5 rings (SSSR count). The van der Waals surface area contributed by atoms with Crippen LogP contribution in [0, 0.1) is 0 Å². The van der Waals surface area contributed by atoms with E-state index in [1.807, 2.05) is 42.5 Å². The Labute approximate surface area is 227 Å². The van der Waals surface area contributed by atoms with E-state index in [-0.39, 0.29) is 0 Å². The van der Waals surface area contributed by atoms with Crippen LogP contribution in [0.2, 0.25) is 5.02 Å². The topological polar surface area (TPSA) is 96.6 Å². The molecule has 2 aromatic carbocycles. The number of hydrogen-bond acceptors (Lipinski definition) is 8. The second kappa shape index (κ2) is 11.8. The average molecular weight is 537 g/mol. The lowest BCUT2D eigenvalue weighted by atomic mass is 10.2. The summed E-state index contributed by atoms with van der Waals surface area (Å²) in [4.78, 5) is 15.0. The number of aromatic amines is 1. The molecule has 1 aliphatic rings. The van der Waals surface area contributed by atoms with Crippen molar-refractivity contribution < 1.29 is 14.2 Å². The van der Waals surface area contributed by atoms with E-state index in [2.05, 4.69) is 32.4 Å². The van der Waals surface area contributed by atoms with Crippen molar-refractivity contribution in [1.82, 2.24) is 19.9 Å². The van der Waals surface area contributed by atoms with Crippen molar-refractivity contribution >= 4 is 45.8 Å². The predicted molar refractivity (Wildman–Crippen MR) is 152 cm³/mol. The highest BCUT2D eigenvalue weighted by atomic mass is 35.5. The van der Waals surface area contributed by atoms with Crippen molar-refractivity contribution in [2.24, 2.45) is 0 Å². The molecule has 1 fully saturated rings. The number of para-hydroxylation sites is 2. The molecule has 3 N–H and O–H groups in total. The smallest absolute Gasteiger partial charge is 0.231 e. The first-order valence-corrected chi connectivity index (χ1v) is 13.2. The van der Waals surface area contributed by atoms with Gasteiger partial charge < -0.3 is 34.7 Å². The first-order chi connectivity index (χ1) is 18.6. The summed E-state index contributed by atoms with van der Waals surface area (Å²) in [6.45, 7) is 5.01. The Morgan fingerprint density at radius 1 is 1.03 bits per heavy atom. The lowest BCUT2D eigenvalue weighted by Crippen LogP contribution is -2.27. The van der Waals surface area contributed by atoms with Gasteiger partial charge in [0.2, 0.25) is 5.95 Å². The van der Waals surface area contributed by atoms with Crippen LogP contribution in [0.25, 0.3) is 11.0 Å². The van der Waals surface area contributed by atoms with E-state index in [0.717, 1.165) is 37.0 Å². The van der Waals surface area contributed by atoms with E-state index < -0.39 is 0 Å². The number of nitrogens with one attached hydrogen (secondary N) is 3. The van der Waals surface area contributed by atoms with Crippen molar-refractivity contribution in [3.8, 4) is 17.2 Å². The maximum absolute atomic E-state index is 6.47. The van der Waals surface area contributed by atoms with E-state index in [9.17, 15) is 0 Å². The van der Waals surface area contributed by atoms with Gasteiger partial charge in [0.15, 0.2) is 0 Å². The van der Waals surface area contributed by atoms with E-state index >= 15 is 0 Å². The van der Waals surface area contributed by atoms with Crippen LogP contribution in [0.15, 0.2) is 48.7 Å². The van der Waals surface area contributed by atoms with Gasteiger partial charge >= 0.3 is 0 Å². The van der Waals surface area contributed by atoms with Gasteiger partial charge in [-0.25, -0.2) is 0 Å². The molecule has 0 radical (unpaired) electrons. The molecule has 0 saturated heterocycles. The van der Waals surface area contributed by atoms with Gasteiger partial charge in [0.1, 0.15) is 28.7 Å². The number of rotatable bonds is 13. The molecule has 9 nitrogen and oxygen atoms in total. The lowest BCUT2D eigenvalue weighted by molar-refractivity contribution is 0.235. The lowest BCUT2D eigenvalue weighted by Gasteiger charge is -2.19. The van der Waals surface area contributed by atoms with Crippen molar-refractivity contribution in [2.45, 2.75) is 32.2 Å². The first kappa shape index (κ1) is 25.9. The molecule has 1 saturated carbocycles. The Morgan fingerprint density at radius 3 is 2.58 bits per heavy atom. The summed E-state index contributed by atoms with van der Waals surface area (Å²) < 4.78 is 17.1. The monoisotopic (exact) mass is 536 g/mol. The van der Waals surface area contributed by atoms with Crippen molar-refractivity contribution in [1.29, 1.82) is 0 Å². The third-order valence-electron chi connectivity index (χ3n) is 6.59. The van der Waals surface area contributed by atoms with Crippen LogP contribution in [0.4, 0.5) is 23.1 Å². The zero-order valence-corrected chi connectivity index (χ0v) is 22.6. The summed E-state index contributed by atoms with van der Waals surface area (Å²) in [6, 6.07) is 14.1. The maximum atomic E-state index is 6.47. The van der Waals surface area contributed by atoms with Gasteiger partial charge in [0.05, 0.1) is 42.6 Å². The van der Waals surface area contributed by atoms with Crippen molar-refractivity contribution in [2.75, 3.05) is 44.5 Å². The number of nitrogens with zero attached hydrogens (tertiary/aromatic N) is 3. The number of ether oxygens (including phenoxy) is 3. The molecule has 0 amide bonds. The highest BCUT2D eigenvalue weighted by Crippen LogP contribution is 2.36. The Kier molecular flexibility index (Phi) is 8.05. The van der Waals surface area contributed by atoms with Gasteiger partial charge in [0.25, 0.3) is 0 Å². The number of benzene rings is 2. The first-order valence-electron chi connectivity index (χ1n) is 12.9. The molecule has 0 aliphatic heterocycles. The molecule has 38 heavy (non-hydrogen) atoms. The van der Waals surface area contributed by atoms with Crippen LogP contribution < -0.4 is 24.8 Å². The molecule has 1 aliphatic carbocycles. The van der Waals surface area contributed by atoms with E-state index in [4.69, 9.17) is 30.8 Å². The quantitative estimate of drug-likeness (QED) is 0.170. The van der Waals surface area contributed by atoms with Crippen LogP contribution >= 0.6 is 11.6 Å². The minimum absolute atomic E-state index is 0.367. The molecule has 0 bridgehead atoms. The van der Waals surface area contributed by atoms with Crippen molar-refractivity contribution in [3.63, 3.8) is 0 Å². The molecule has 0 spiro atoms. The maximum Gasteiger partial charge on any atom is 0.231 e. The number of halogens is 1. The Balaban J connectivity index is 1.35. The SMILES string of the molecule is CCN(CCCOc1ccc(OC)c(Nc2nc(Nc3ccccc3OC)c3c(Cl)c[nH]c3n2)c1)C1CC1. The van der Waals surface area contributed by atoms with Crippen LogP contribution in [0.5, 0.6) is 17.2 Å². The van der Waals surface area contributed by atoms with E-state index in [1.165, 1.54) is 12.8 Å². The largest absolute Gasteiger partial charge is 0.495 e. The van der Waals surface area contributed by atoms with Gasteiger partial charge in [-0.15, -0.1) is 0 Å². The zero-order valence-electron chi connectivity index (χ0n) is 21.9. The van der Waals surface area contributed by atoms with Gasteiger partial charge in [-0.3, -0.25) is 0 Å². The molecule has 0 atom stereocenters. The molecule has 4 aromatic rings. The van der Waals surface area contributed by atoms with E-state index in [1.54, 1.807) is 20.4 Å². The Bertz CT molecular complexity index is 1390. The summed E-state index contributed by atoms with van der Waals surface area (Å²) in [5.74, 6) is 2.99. The standard InChI is InChI=1S/C28H33ClN6O3/c1-4-35(18-10-11-18)14-7-15-38-19-12-13-24(37-3)22(16-19)32-28-33-26-25(20(29)17-30-26)27(34-28)31-21-8-5-6-9-23(21)36-2/h5-6,8-9,12-13,16-18H,4,7,10-11,14-15H2,1-3H3,(H3,30,31,32,33,34). The number of H-pyrrole nitrogens is 1. The van der Waals surface area contributed by atoms with Gasteiger partial charge in [-0.2, -0.15) is 9.97 Å². The van der Waals surface area contributed by atoms with Gasteiger partial charge in [-0.1, -0.05) is 30.7 Å². The number of aromatic nitrogens is 3. The third-order valence-corrected chi connectivity index (χ3v) is 6.89. The third kappa shape index (κ3) is 5.89. The summed E-state index contributed by atoms with van der Waals surface area (Å²) in [5, 5.41) is 7.82. The highest BCUT2D eigenvalue weighted by Gasteiger charge is 2.27. The summed E-state index contributed by atoms with van der Waals surface area (Å²) in [5.41, 5.74) is 2.04. The number of anilines is 4. The molecular weight excluding hydrogens is 504 g/mol. The predicted octanol–water partition coefficient (Wildman–Crippen LogP) is 6.37. The average Bonchev–Trinajstić information content (AvgIpc) is 3.71. The fourth-order valence-electron chi connectivity index (χ4n) is 4.51. The minimum Gasteiger partial charge on any atom is -0.495 e. The van der Waals surface area contributed by atoms with Crippen LogP contribution in [0.3, 0.4) is 0 Å². The second-order valence-electron chi connectivity index (χ2n) is 9.13. The minimum atomic E-state index is 0.367. The zero-order chi connectivity index (χ0) is 26.5. The number of methoxy groups -OCH3 is 2. The van der Waals surface area contributed by atoms with Gasteiger partial charge in [-0.05, 0) is 50.1 Å². The van der Waals surface area contributed by atoms with Gasteiger partial charge in [0, 0.05) is 24.8 Å². The van der Waals surface area contributed by atoms with Crippen LogP contribution in [-0.4, -0.2) is 59.8 Å². The molecule has 0 unspecified atom stereocenters. The molecule has 200 valence electrons. The summed E-state index contributed by atoms with van der Waals surface area (Å²) >= 11 is 6.47. The van der Waals surface area contributed by atoms with Crippen LogP contribution in [0.1, 0.15) is 26.2 Å². The van der Waals surface area contributed by atoms with E-state index in [0.29, 0.717) is 51.6 Å². The second-order valence-corrected chi connectivity index (χ2v) is 9.54. The normalized spacial score (nSPS) is 13.1. The fraction of sp³-hybridized carbons (Fsp3) is 0.357.